The zero-order valence-corrected chi connectivity index (χ0v) is 36.7. The standard InChI is InChI=1S/C48H99N.ClH/c1-5-8-10-12-14-16-18-20-22-24-26-28-30-32-34-36-38-40-42-44-46-48(49(4)7-3)47-45-43-41-39-37-35-33-31-29-27-25-23-21-19-17-15-13-11-9-6-2;/h48H,5-47H2,1-4H3;1H. The van der Waals surface area contributed by atoms with Crippen molar-refractivity contribution in [3.63, 3.8) is 0 Å². The van der Waals surface area contributed by atoms with Gasteiger partial charge in [0.2, 0.25) is 0 Å². The molecule has 0 aromatic heterocycles. The van der Waals surface area contributed by atoms with Gasteiger partial charge in [0.25, 0.3) is 0 Å². The second-order valence-electron chi connectivity index (χ2n) is 16.7. The van der Waals surface area contributed by atoms with Crippen LogP contribution in [0.15, 0.2) is 0 Å². The average Bonchev–Trinajstić information content (AvgIpc) is 3.11. The first-order chi connectivity index (χ1) is 24.3. The van der Waals surface area contributed by atoms with Crippen molar-refractivity contribution in [2.45, 2.75) is 296 Å². The molecule has 0 radical (unpaired) electrons. The Balaban J connectivity index is 0. The highest BCUT2D eigenvalue weighted by Crippen LogP contribution is 2.20. The van der Waals surface area contributed by atoms with E-state index in [2.05, 4.69) is 32.7 Å². The maximum absolute atomic E-state index is 2.64. The molecule has 0 saturated carbocycles. The van der Waals surface area contributed by atoms with Crippen molar-refractivity contribution < 1.29 is 0 Å². The van der Waals surface area contributed by atoms with E-state index in [4.69, 9.17) is 0 Å². The van der Waals surface area contributed by atoms with E-state index in [0.29, 0.717) is 0 Å². The van der Waals surface area contributed by atoms with Crippen LogP contribution in [-0.4, -0.2) is 24.5 Å². The number of hydrogen-bond acceptors (Lipinski definition) is 1. The first kappa shape index (κ1) is 52.4. The predicted molar refractivity (Wildman–Crippen MR) is 235 cm³/mol. The van der Waals surface area contributed by atoms with Gasteiger partial charge in [-0.2, -0.15) is 0 Å². The monoisotopic (exact) mass is 726 g/mol. The first-order valence-corrected chi connectivity index (χ1v) is 24.0. The van der Waals surface area contributed by atoms with Crippen LogP contribution >= 0.6 is 12.4 Å². The molecule has 0 aliphatic carbocycles. The summed E-state index contributed by atoms with van der Waals surface area (Å²) in [6.45, 7) is 8.18. The summed E-state index contributed by atoms with van der Waals surface area (Å²) in [5, 5.41) is 0. The molecule has 0 heterocycles. The molecule has 0 aliphatic heterocycles. The lowest BCUT2D eigenvalue weighted by molar-refractivity contribution is 0.219. The maximum atomic E-state index is 2.64. The topological polar surface area (TPSA) is 3.24 Å². The van der Waals surface area contributed by atoms with Crippen molar-refractivity contribution in [2.75, 3.05) is 13.6 Å². The Labute approximate surface area is 326 Å². The Kier molecular flexibility index (Phi) is 49.5. The van der Waals surface area contributed by atoms with Crippen molar-refractivity contribution in [1.29, 1.82) is 0 Å². The molecule has 50 heavy (non-hydrogen) atoms. The Hall–Kier alpha value is 0.250. The van der Waals surface area contributed by atoms with Gasteiger partial charge >= 0.3 is 0 Å². The van der Waals surface area contributed by atoms with E-state index in [1.165, 1.54) is 276 Å². The number of rotatable bonds is 44. The minimum atomic E-state index is 0. The van der Waals surface area contributed by atoms with Crippen LogP contribution < -0.4 is 0 Å². The van der Waals surface area contributed by atoms with Gasteiger partial charge in [0.15, 0.2) is 0 Å². The molecule has 0 aromatic rings. The highest BCUT2D eigenvalue weighted by molar-refractivity contribution is 5.85. The summed E-state index contributed by atoms with van der Waals surface area (Å²) < 4.78 is 0. The van der Waals surface area contributed by atoms with Crippen LogP contribution in [0.2, 0.25) is 0 Å². The van der Waals surface area contributed by atoms with Gasteiger partial charge in [0.05, 0.1) is 0 Å². The van der Waals surface area contributed by atoms with Gasteiger partial charge in [-0.1, -0.05) is 278 Å². The van der Waals surface area contributed by atoms with Crippen molar-refractivity contribution >= 4 is 12.4 Å². The molecule has 1 nitrogen and oxygen atoms in total. The predicted octanol–water partition coefficient (Wildman–Crippen LogP) is 18.2. The maximum Gasteiger partial charge on any atom is 0.00920 e. The zero-order valence-electron chi connectivity index (χ0n) is 35.8. The highest BCUT2D eigenvalue weighted by atomic mass is 35.5. The SMILES string of the molecule is CCCCCCCCCCCCCCCCCCCCCCC(CCCCCCCCCCCCCCCCCCCCCC)N(C)CC.Cl. The van der Waals surface area contributed by atoms with Gasteiger partial charge in [-0.05, 0) is 26.4 Å². The fourth-order valence-electron chi connectivity index (χ4n) is 8.11. The third-order valence-electron chi connectivity index (χ3n) is 11.9. The van der Waals surface area contributed by atoms with Crippen LogP contribution in [0.3, 0.4) is 0 Å². The minimum Gasteiger partial charge on any atom is -0.304 e. The van der Waals surface area contributed by atoms with Crippen molar-refractivity contribution in [3.05, 3.63) is 0 Å². The third kappa shape index (κ3) is 42.7. The van der Waals surface area contributed by atoms with Gasteiger partial charge in [0, 0.05) is 6.04 Å². The average molecular weight is 727 g/mol. The fourth-order valence-corrected chi connectivity index (χ4v) is 8.11. The van der Waals surface area contributed by atoms with E-state index < -0.39 is 0 Å². The summed E-state index contributed by atoms with van der Waals surface area (Å²) in [5.74, 6) is 0. The van der Waals surface area contributed by atoms with Crippen LogP contribution in [0.5, 0.6) is 0 Å². The van der Waals surface area contributed by atoms with Crippen LogP contribution in [0.4, 0.5) is 0 Å². The van der Waals surface area contributed by atoms with E-state index in [1.807, 2.05) is 0 Å². The summed E-state index contributed by atoms with van der Waals surface area (Å²) in [5.41, 5.74) is 0. The van der Waals surface area contributed by atoms with Crippen LogP contribution in [0, 0.1) is 0 Å². The Morgan fingerprint density at radius 3 is 0.580 bits per heavy atom. The lowest BCUT2D eigenvalue weighted by atomic mass is 9.98. The van der Waals surface area contributed by atoms with Gasteiger partial charge in [0.1, 0.15) is 0 Å². The van der Waals surface area contributed by atoms with E-state index in [1.54, 1.807) is 0 Å². The molecule has 0 amide bonds. The van der Waals surface area contributed by atoms with Gasteiger partial charge in [-0.3, -0.25) is 0 Å². The molecule has 0 unspecified atom stereocenters. The van der Waals surface area contributed by atoms with Crippen molar-refractivity contribution in [2.24, 2.45) is 0 Å². The molecular formula is C48H100ClN. The third-order valence-corrected chi connectivity index (χ3v) is 11.9. The van der Waals surface area contributed by atoms with Crippen LogP contribution in [-0.2, 0) is 0 Å². The molecular weight excluding hydrogens is 626 g/mol. The molecule has 0 atom stereocenters. The molecule has 0 aliphatic rings. The molecule has 0 rings (SSSR count). The van der Waals surface area contributed by atoms with Gasteiger partial charge < -0.3 is 4.90 Å². The second-order valence-corrected chi connectivity index (χ2v) is 16.7. The quantitative estimate of drug-likeness (QED) is 0.0565. The van der Waals surface area contributed by atoms with Gasteiger partial charge in [-0.15, -0.1) is 12.4 Å². The second kappa shape index (κ2) is 47.3. The van der Waals surface area contributed by atoms with Crippen LogP contribution in [0.25, 0.3) is 0 Å². The van der Waals surface area contributed by atoms with E-state index in [-0.39, 0.29) is 12.4 Å². The number of nitrogens with zero attached hydrogens (tertiary/aromatic N) is 1. The largest absolute Gasteiger partial charge is 0.304 e. The molecule has 0 saturated heterocycles. The van der Waals surface area contributed by atoms with E-state index in [0.717, 1.165) is 6.04 Å². The lowest BCUT2D eigenvalue weighted by Gasteiger charge is -2.27. The van der Waals surface area contributed by atoms with E-state index >= 15 is 0 Å². The fraction of sp³-hybridized carbons (Fsp3) is 1.00. The Morgan fingerprint density at radius 2 is 0.420 bits per heavy atom. The number of halogens is 1. The van der Waals surface area contributed by atoms with Crippen molar-refractivity contribution in [3.8, 4) is 0 Å². The first-order valence-electron chi connectivity index (χ1n) is 24.0. The molecule has 0 N–H and O–H groups in total. The van der Waals surface area contributed by atoms with E-state index in [9.17, 15) is 0 Å². The zero-order chi connectivity index (χ0) is 35.6. The van der Waals surface area contributed by atoms with Crippen molar-refractivity contribution in [1.82, 2.24) is 4.90 Å². The summed E-state index contributed by atoms with van der Waals surface area (Å²) in [4.78, 5) is 2.64. The smallest absolute Gasteiger partial charge is 0.00920 e. The number of unbranched alkanes of at least 4 members (excludes halogenated alkanes) is 38. The lowest BCUT2D eigenvalue weighted by Crippen LogP contribution is -2.31. The minimum absolute atomic E-state index is 0. The molecule has 2 heteroatoms. The summed E-state index contributed by atoms with van der Waals surface area (Å²) in [7, 11) is 2.37. The summed E-state index contributed by atoms with van der Waals surface area (Å²) in [6.07, 6.45) is 61.8. The molecule has 304 valence electrons. The normalized spacial score (nSPS) is 11.6. The Bertz CT molecular complexity index is 520. The van der Waals surface area contributed by atoms with Gasteiger partial charge in [-0.25, -0.2) is 0 Å². The molecule has 0 aromatic carbocycles. The summed E-state index contributed by atoms with van der Waals surface area (Å²) in [6, 6.07) is 0.830. The molecule has 0 fully saturated rings. The molecule has 0 bridgehead atoms. The Morgan fingerprint density at radius 1 is 0.260 bits per heavy atom. The summed E-state index contributed by atoms with van der Waals surface area (Å²) >= 11 is 0. The number of hydrogen-bond donors (Lipinski definition) is 0. The molecule has 0 spiro atoms. The highest BCUT2D eigenvalue weighted by Gasteiger charge is 2.12. The van der Waals surface area contributed by atoms with Crippen LogP contribution in [0.1, 0.15) is 290 Å².